The van der Waals surface area contributed by atoms with E-state index in [1.54, 1.807) is 24.3 Å². The summed E-state index contributed by atoms with van der Waals surface area (Å²) in [4.78, 5) is 38.6. The number of likely N-dealkylation sites (N-methyl/N-ethyl adjacent to an activating group) is 1. The van der Waals surface area contributed by atoms with Gasteiger partial charge in [0.2, 0.25) is 11.8 Å². The number of hydrogen-bond donors (Lipinski definition) is 2. The van der Waals surface area contributed by atoms with Gasteiger partial charge in [0.15, 0.2) is 0 Å². The van der Waals surface area contributed by atoms with E-state index in [1.807, 2.05) is 0 Å². The molecule has 0 spiro atoms. The van der Waals surface area contributed by atoms with Crippen molar-refractivity contribution in [1.82, 2.24) is 15.6 Å². The van der Waals surface area contributed by atoms with E-state index in [0.29, 0.717) is 28.6 Å². The molecule has 4 rings (SSSR count). The Morgan fingerprint density at radius 1 is 1.14 bits per heavy atom. The molecule has 0 radical (unpaired) electrons. The molecule has 1 saturated carbocycles. The predicted molar refractivity (Wildman–Crippen MR) is 132 cm³/mol. The van der Waals surface area contributed by atoms with Crippen LogP contribution in [0.5, 0.6) is 0 Å². The average molecular weight is 535 g/mol. The van der Waals surface area contributed by atoms with E-state index >= 15 is 0 Å². The third-order valence-corrected chi connectivity index (χ3v) is 6.72. The van der Waals surface area contributed by atoms with Gasteiger partial charge >= 0.3 is 6.18 Å². The van der Waals surface area contributed by atoms with Gasteiger partial charge in [-0.05, 0) is 54.2 Å². The van der Waals surface area contributed by atoms with Gasteiger partial charge < -0.3 is 10.6 Å². The molecule has 7 nitrogen and oxygen atoms in total. The van der Waals surface area contributed by atoms with Crippen LogP contribution in [-0.2, 0) is 20.6 Å². The molecule has 0 saturated heterocycles. The fraction of sp³-hybridized carbons (Fsp3) is 0.385. The predicted octanol–water partition coefficient (Wildman–Crippen LogP) is 4.32. The molecule has 3 amide bonds. The Hall–Kier alpha value is -3.40. The van der Waals surface area contributed by atoms with Crippen molar-refractivity contribution in [2.24, 2.45) is 16.9 Å². The van der Waals surface area contributed by atoms with Crippen molar-refractivity contribution in [3.63, 3.8) is 0 Å². The van der Waals surface area contributed by atoms with Crippen molar-refractivity contribution >= 4 is 35.0 Å². The Labute approximate surface area is 217 Å². The Kier molecular flexibility index (Phi) is 7.87. The maximum Gasteiger partial charge on any atom is 0.416 e. The Morgan fingerprint density at radius 3 is 2.46 bits per heavy atom. The number of benzene rings is 2. The lowest BCUT2D eigenvalue weighted by atomic mass is 9.91. The monoisotopic (exact) mass is 534 g/mol. The maximum absolute atomic E-state index is 13.2. The molecule has 2 aromatic carbocycles. The van der Waals surface area contributed by atoms with E-state index in [1.165, 1.54) is 13.1 Å². The number of halogens is 4. The fourth-order valence-corrected chi connectivity index (χ4v) is 4.42. The summed E-state index contributed by atoms with van der Waals surface area (Å²) in [5, 5.41) is 10.8. The van der Waals surface area contributed by atoms with E-state index < -0.39 is 42.1 Å². The Morgan fingerprint density at radius 2 is 1.84 bits per heavy atom. The van der Waals surface area contributed by atoms with Crippen LogP contribution in [0.2, 0.25) is 5.02 Å². The summed E-state index contributed by atoms with van der Waals surface area (Å²) in [5.41, 5.74) is 0.269. The largest absolute Gasteiger partial charge is 0.416 e. The first-order valence-corrected chi connectivity index (χ1v) is 12.3. The van der Waals surface area contributed by atoms with E-state index in [0.717, 1.165) is 42.5 Å². The second-order valence-corrected chi connectivity index (χ2v) is 9.64. The zero-order valence-corrected chi connectivity index (χ0v) is 20.8. The number of nitrogens with zero attached hydrogens (tertiary/aromatic N) is 2. The number of carbonyl (C=O) groups is 3. The molecule has 2 aromatic rings. The van der Waals surface area contributed by atoms with Crippen molar-refractivity contribution in [1.29, 1.82) is 0 Å². The molecular weight excluding hydrogens is 509 g/mol. The summed E-state index contributed by atoms with van der Waals surface area (Å²) in [6.45, 7) is -0.484. The Bertz CT molecular complexity index is 1210. The minimum Gasteiger partial charge on any atom is -0.357 e. The molecule has 37 heavy (non-hydrogen) atoms. The van der Waals surface area contributed by atoms with Gasteiger partial charge in [-0.25, -0.2) is 5.01 Å². The highest BCUT2D eigenvalue weighted by molar-refractivity contribution is 6.30. The minimum atomic E-state index is -4.61. The van der Waals surface area contributed by atoms with Gasteiger partial charge in [0.25, 0.3) is 5.91 Å². The molecule has 11 heteroatoms. The number of alkyl halides is 3. The fourth-order valence-electron chi connectivity index (χ4n) is 4.29. The van der Waals surface area contributed by atoms with Gasteiger partial charge in [0.05, 0.1) is 17.2 Å². The molecule has 2 aliphatic rings. The number of hydrogen-bond acceptors (Lipinski definition) is 4. The van der Waals surface area contributed by atoms with Crippen molar-refractivity contribution in [3.8, 4) is 0 Å². The maximum atomic E-state index is 13.2. The standard InChI is InChI=1S/C26H26ClF3N4O3/c1-31-24(36)23(17-3-2-4-18(13-17)26(28,29)30)32-21(35)14-34-25(37)20(12-7-15-5-6-15)22(33-34)16-8-10-19(27)11-9-16/h2-4,8-11,13,15,20,23H,5-7,12,14H2,1H3,(H,31,36)(H,32,35). The second kappa shape index (κ2) is 10.9. The quantitative estimate of drug-likeness (QED) is 0.502. The normalized spacial score (nSPS) is 18.4. The molecule has 1 aliphatic heterocycles. The van der Waals surface area contributed by atoms with Crippen LogP contribution >= 0.6 is 11.6 Å². The van der Waals surface area contributed by atoms with E-state index in [4.69, 9.17) is 11.6 Å². The van der Waals surface area contributed by atoms with Crippen LogP contribution in [0.1, 0.15) is 48.4 Å². The zero-order chi connectivity index (χ0) is 26.7. The second-order valence-electron chi connectivity index (χ2n) is 9.20. The summed E-state index contributed by atoms with van der Waals surface area (Å²) in [5.74, 6) is -1.70. The van der Waals surface area contributed by atoms with Gasteiger partial charge in [-0.3, -0.25) is 14.4 Å². The van der Waals surface area contributed by atoms with Crippen molar-refractivity contribution < 1.29 is 27.6 Å². The molecule has 2 atom stereocenters. The van der Waals surface area contributed by atoms with E-state index in [-0.39, 0.29) is 11.5 Å². The molecule has 0 bridgehead atoms. The first-order valence-electron chi connectivity index (χ1n) is 11.9. The number of nitrogens with one attached hydrogen (secondary N) is 2. The third-order valence-electron chi connectivity index (χ3n) is 6.47. The van der Waals surface area contributed by atoms with Crippen LogP contribution in [0.4, 0.5) is 13.2 Å². The summed E-state index contributed by atoms with van der Waals surface area (Å²) in [7, 11) is 1.31. The average Bonchev–Trinajstić information content (AvgIpc) is 3.65. The van der Waals surface area contributed by atoms with Crippen LogP contribution in [0.3, 0.4) is 0 Å². The SMILES string of the molecule is CNC(=O)C(NC(=O)CN1N=C(c2ccc(Cl)cc2)C(CCC2CC2)C1=O)c1cccc(C(F)(F)F)c1. The van der Waals surface area contributed by atoms with E-state index in [9.17, 15) is 27.6 Å². The van der Waals surface area contributed by atoms with Gasteiger partial charge in [0, 0.05) is 12.1 Å². The number of amides is 3. The first-order chi connectivity index (χ1) is 17.6. The summed E-state index contributed by atoms with van der Waals surface area (Å²) in [6.07, 6.45) is -0.878. The van der Waals surface area contributed by atoms with E-state index in [2.05, 4.69) is 15.7 Å². The van der Waals surface area contributed by atoms with Gasteiger partial charge in [-0.15, -0.1) is 0 Å². The first kappa shape index (κ1) is 26.7. The van der Waals surface area contributed by atoms with Crippen LogP contribution in [0, 0.1) is 11.8 Å². The topological polar surface area (TPSA) is 90.9 Å². The molecule has 2 N–H and O–H groups in total. The van der Waals surface area contributed by atoms with Crippen molar-refractivity contribution in [2.45, 2.75) is 37.9 Å². The van der Waals surface area contributed by atoms with Crippen LogP contribution < -0.4 is 10.6 Å². The molecule has 196 valence electrons. The lowest BCUT2D eigenvalue weighted by molar-refractivity contribution is -0.138. The molecule has 1 fully saturated rings. The van der Waals surface area contributed by atoms with Crippen LogP contribution in [0.25, 0.3) is 0 Å². The highest BCUT2D eigenvalue weighted by Crippen LogP contribution is 2.37. The molecule has 1 aliphatic carbocycles. The molecule has 1 heterocycles. The Balaban J connectivity index is 1.52. The molecule has 0 aromatic heterocycles. The van der Waals surface area contributed by atoms with Crippen LogP contribution in [0.15, 0.2) is 53.6 Å². The lowest BCUT2D eigenvalue weighted by Gasteiger charge is -2.20. The lowest BCUT2D eigenvalue weighted by Crippen LogP contribution is -2.43. The highest BCUT2D eigenvalue weighted by atomic mass is 35.5. The van der Waals surface area contributed by atoms with Gasteiger partial charge in [0.1, 0.15) is 12.6 Å². The summed E-state index contributed by atoms with van der Waals surface area (Å²) in [6, 6.07) is 9.70. The van der Waals surface area contributed by atoms with Crippen LogP contribution in [-0.4, -0.2) is 42.0 Å². The number of carbonyl (C=O) groups excluding carboxylic acids is 3. The number of rotatable bonds is 9. The zero-order valence-electron chi connectivity index (χ0n) is 20.0. The van der Waals surface area contributed by atoms with Crippen molar-refractivity contribution in [3.05, 3.63) is 70.2 Å². The number of hydrazone groups is 1. The highest BCUT2D eigenvalue weighted by Gasteiger charge is 2.39. The van der Waals surface area contributed by atoms with Gasteiger partial charge in [-0.2, -0.15) is 18.3 Å². The third kappa shape index (κ3) is 6.49. The van der Waals surface area contributed by atoms with Gasteiger partial charge in [-0.1, -0.05) is 48.7 Å². The smallest absolute Gasteiger partial charge is 0.357 e. The van der Waals surface area contributed by atoms with Crippen molar-refractivity contribution in [2.75, 3.05) is 13.6 Å². The molecular formula is C26H26ClF3N4O3. The summed E-state index contributed by atoms with van der Waals surface area (Å²) >= 11 is 6.00. The molecule has 2 unspecified atom stereocenters. The summed E-state index contributed by atoms with van der Waals surface area (Å²) < 4.78 is 39.6. The minimum absolute atomic E-state index is 0.0389.